The zero-order valence-corrected chi connectivity index (χ0v) is 12.9. The van der Waals surface area contributed by atoms with Gasteiger partial charge < -0.3 is 4.98 Å². The minimum atomic E-state index is 0.0547. The molecule has 23 heavy (non-hydrogen) atoms. The fraction of sp³-hybridized carbons (Fsp3) is 0.0952. The molecule has 0 saturated carbocycles. The van der Waals surface area contributed by atoms with E-state index in [2.05, 4.69) is 17.1 Å². The Kier molecular flexibility index (Phi) is 4.85. The molecule has 0 bridgehead atoms. The minimum absolute atomic E-state index is 0.0547. The van der Waals surface area contributed by atoms with Gasteiger partial charge in [-0.05, 0) is 29.3 Å². The van der Waals surface area contributed by atoms with Crippen LogP contribution in [-0.4, -0.2) is 10.8 Å². The number of benzene rings is 2. The van der Waals surface area contributed by atoms with Crippen molar-refractivity contribution in [2.75, 3.05) is 0 Å². The van der Waals surface area contributed by atoms with Crippen LogP contribution in [0, 0.1) is 0 Å². The number of rotatable bonds is 6. The summed E-state index contributed by atoms with van der Waals surface area (Å²) in [5.41, 5.74) is 3.26. The van der Waals surface area contributed by atoms with Crippen LogP contribution in [-0.2, 0) is 4.79 Å². The van der Waals surface area contributed by atoms with E-state index in [0.717, 1.165) is 16.8 Å². The molecule has 0 spiro atoms. The lowest BCUT2D eigenvalue weighted by Gasteiger charge is -2.14. The molecule has 0 aliphatic carbocycles. The number of allylic oxidation sites excluding steroid dienone is 1. The number of ketones is 1. The van der Waals surface area contributed by atoms with Crippen LogP contribution in [0.3, 0.4) is 0 Å². The summed E-state index contributed by atoms with van der Waals surface area (Å²) >= 11 is 0. The van der Waals surface area contributed by atoms with Gasteiger partial charge >= 0.3 is 0 Å². The SMILES string of the molecule is O=C(/C=C/c1ccccc1)CC(c1ccccc1)c1ccc[nH]1. The molecule has 1 heterocycles. The smallest absolute Gasteiger partial charge is 0.156 e. The maximum atomic E-state index is 12.4. The number of nitrogens with one attached hydrogen (secondary N) is 1. The average Bonchev–Trinajstić information content (AvgIpc) is 3.14. The molecule has 0 saturated heterocycles. The summed E-state index contributed by atoms with van der Waals surface area (Å²) in [4.78, 5) is 15.6. The molecule has 0 radical (unpaired) electrons. The van der Waals surface area contributed by atoms with Crippen LogP contribution in [0.25, 0.3) is 6.08 Å². The number of H-pyrrole nitrogens is 1. The van der Waals surface area contributed by atoms with E-state index in [9.17, 15) is 4.79 Å². The monoisotopic (exact) mass is 301 g/mol. The third kappa shape index (κ3) is 4.07. The van der Waals surface area contributed by atoms with Gasteiger partial charge in [0.2, 0.25) is 0 Å². The first kappa shape index (κ1) is 15.0. The van der Waals surface area contributed by atoms with Gasteiger partial charge in [-0.3, -0.25) is 4.79 Å². The zero-order chi connectivity index (χ0) is 15.9. The lowest BCUT2D eigenvalue weighted by Crippen LogP contribution is -2.07. The summed E-state index contributed by atoms with van der Waals surface area (Å²) in [6, 6.07) is 24.0. The van der Waals surface area contributed by atoms with E-state index in [-0.39, 0.29) is 11.7 Å². The highest BCUT2D eigenvalue weighted by Gasteiger charge is 2.17. The van der Waals surface area contributed by atoms with Gasteiger partial charge in [0, 0.05) is 24.2 Å². The highest BCUT2D eigenvalue weighted by molar-refractivity contribution is 5.94. The van der Waals surface area contributed by atoms with E-state index in [4.69, 9.17) is 0 Å². The molecular weight excluding hydrogens is 282 g/mol. The molecule has 2 aromatic carbocycles. The van der Waals surface area contributed by atoms with Crippen molar-refractivity contribution in [2.24, 2.45) is 0 Å². The van der Waals surface area contributed by atoms with Crippen molar-refractivity contribution in [1.82, 2.24) is 4.98 Å². The maximum Gasteiger partial charge on any atom is 0.156 e. The number of aromatic nitrogens is 1. The Labute approximate surface area is 136 Å². The van der Waals surface area contributed by atoms with E-state index in [1.165, 1.54) is 0 Å². The third-order valence-corrected chi connectivity index (χ3v) is 3.87. The lowest BCUT2D eigenvalue weighted by atomic mass is 9.90. The Morgan fingerprint density at radius 1 is 0.913 bits per heavy atom. The number of aromatic amines is 1. The Balaban J connectivity index is 1.77. The Morgan fingerprint density at radius 3 is 2.26 bits per heavy atom. The van der Waals surface area contributed by atoms with Crippen molar-refractivity contribution in [3.8, 4) is 0 Å². The van der Waals surface area contributed by atoms with Crippen LogP contribution < -0.4 is 0 Å². The van der Waals surface area contributed by atoms with Gasteiger partial charge in [-0.15, -0.1) is 0 Å². The molecule has 3 rings (SSSR count). The van der Waals surface area contributed by atoms with Crippen molar-refractivity contribution in [2.45, 2.75) is 12.3 Å². The van der Waals surface area contributed by atoms with Gasteiger partial charge in [-0.25, -0.2) is 0 Å². The second-order valence-corrected chi connectivity index (χ2v) is 5.50. The summed E-state index contributed by atoms with van der Waals surface area (Å²) in [5, 5.41) is 0. The summed E-state index contributed by atoms with van der Waals surface area (Å²) in [6.45, 7) is 0. The molecule has 1 aromatic heterocycles. The second kappa shape index (κ2) is 7.41. The van der Waals surface area contributed by atoms with Crippen LogP contribution in [0.1, 0.15) is 29.2 Å². The van der Waals surface area contributed by atoms with Crippen molar-refractivity contribution in [3.05, 3.63) is 102 Å². The summed E-state index contributed by atoms with van der Waals surface area (Å²) < 4.78 is 0. The van der Waals surface area contributed by atoms with Gasteiger partial charge in [-0.2, -0.15) is 0 Å². The van der Waals surface area contributed by atoms with Crippen molar-refractivity contribution < 1.29 is 4.79 Å². The quantitative estimate of drug-likeness (QED) is 0.651. The average molecular weight is 301 g/mol. The molecule has 1 atom stereocenters. The number of carbonyl (C=O) groups is 1. The van der Waals surface area contributed by atoms with E-state index in [0.29, 0.717) is 6.42 Å². The molecule has 1 unspecified atom stereocenters. The molecule has 0 amide bonds. The van der Waals surface area contributed by atoms with Crippen LogP contribution in [0.4, 0.5) is 0 Å². The van der Waals surface area contributed by atoms with Crippen LogP contribution >= 0.6 is 0 Å². The van der Waals surface area contributed by atoms with Crippen LogP contribution in [0.15, 0.2) is 85.1 Å². The first-order chi connectivity index (χ1) is 11.3. The Bertz CT molecular complexity index is 758. The first-order valence-corrected chi connectivity index (χ1v) is 7.77. The Morgan fingerprint density at radius 2 is 1.61 bits per heavy atom. The molecule has 0 aliphatic rings. The van der Waals surface area contributed by atoms with E-state index in [1.807, 2.05) is 72.9 Å². The molecular formula is C21H19NO. The van der Waals surface area contributed by atoms with Gasteiger partial charge in [0.15, 0.2) is 5.78 Å². The predicted molar refractivity (Wildman–Crippen MR) is 94.2 cm³/mol. The van der Waals surface area contributed by atoms with Crippen molar-refractivity contribution in [3.63, 3.8) is 0 Å². The summed E-state index contributed by atoms with van der Waals surface area (Å²) in [7, 11) is 0. The highest BCUT2D eigenvalue weighted by atomic mass is 16.1. The molecule has 0 fully saturated rings. The van der Waals surface area contributed by atoms with Gasteiger partial charge in [0.25, 0.3) is 0 Å². The first-order valence-electron chi connectivity index (χ1n) is 7.77. The number of carbonyl (C=O) groups excluding carboxylic acids is 1. The normalized spacial score (nSPS) is 12.3. The van der Waals surface area contributed by atoms with Gasteiger partial charge in [0.1, 0.15) is 0 Å². The highest BCUT2D eigenvalue weighted by Crippen LogP contribution is 2.27. The fourth-order valence-electron chi connectivity index (χ4n) is 2.68. The predicted octanol–water partition coefficient (Wildman–Crippen LogP) is 4.82. The van der Waals surface area contributed by atoms with Crippen LogP contribution in [0.5, 0.6) is 0 Å². The fourth-order valence-corrected chi connectivity index (χ4v) is 2.68. The largest absolute Gasteiger partial charge is 0.364 e. The van der Waals surface area contributed by atoms with Gasteiger partial charge in [0.05, 0.1) is 0 Å². The third-order valence-electron chi connectivity index (χ3n) is 3.87. The van der Waals surface area contributed by atoms with E-state index >= 15 is 0 Å². The topological polar surface area (TPSA) is 32.9 Å². The zero-order valence-electron chi connectivity index (χ0n) is 12.9. The standard InChI is InChI=1S/C21H19NO/c23-19(14-13-17-8-3-1-4-9-17)16-20(21-12-7-15-22-21)18-10-5-2-6-11-18/h1-15,20,22H,16H2/b14-13+. The van der Waals surface area contributed by atoms with Crippen molar-refractivity contribution in [1.29, 1.82) is 0 Å². The molecule has 3 aromatic rings. The summed E-state index contributed by atoms with van der Waals surface area (Å²) in [5.74, 6) is 0.177. The molecule has 0 aliphatic heterocycles. The number of hydrogen-bond donors (Lipinski definition) is 1. The van der Waals surface area contributed by atoms with Crippen LogP contribution in [0.2, 0.25) is 0 Å². The van der Waals surface area contributed by atoms with E-state index in [1.54, 1.807) is 6.08 Å². The van der Waals surface area contributed by atoms with Gasteiger partial charge in [-0.1, -0.05) is 66.7 Å². The van der Waals surface area contributed by atoms with E-state index < -0.39 is 0 Å². The minimum Gasteiger partial charge on any atom is -0.364 e. The lowest BCUT2D eigenvalue weighted by molar-refractivity contribution is -0.114. The Hall–Kier alpha value is -2.87. The molecule has 2 heteroatoms. The molecule has 2 nitrogen and oxygen atoms in total. The molecule has 114 valence electrons. The molecule has 1 N–H and O–H groups in total. The van der Waals surface area contributed by atoms with Crippen molar-refractivity contribution >= 4 is 11.9 Å². The number of hydrogen-bond acceptors (Lipinski definition) is 1. The second-order valence-electron chi connectivity index (χ2n) is 5.50. The maximum absolute atomic E-state index is 12.4. The summed E-state index contributed by atoms with van der Waals surface area (Å²) in [6.07, 6.45) is 5.90.